The normalized spacial score (nSPS) is 11.9. The molecule has 0 aliphatic heterocycles. The number of hydrogen-bond acceptors (Lipinski definition) is 4. The number of rotatable bonds is 9. The largest absolute Gasteiger partial charge is 0.492 e. The van der Waals surface area contributed by atoms with Gasteiger partial charge in [0.25, 0.3) is 10.0 Å². The molecule has 34 heavy (non-hydrogen) atoms. The van der Waals surface area contributed by atoms with Crippen molar-refractivity contribution in [3.63, 3.8) is 0 Å². The molecular weight excluding hydrogens is 512 g/mol. The second kappa shape index (κ2) is 10.3. The minimum Gasteiger partial charge on any atom is -0.492 e. The maximum Gasteiger partial charge on any atom is 0.268 e. The number of aryl methyl sites for hydroxylation is 1. The summed E-state index contributed by atoms with van der Waals surface area (Å²) in [5.41, 5.74) is 3.65. The van der Waals surface area contributed by atoms with Crippen LogP contribution < -0.4 is 4.74 Å². The molecule has 4 aromatic rings. The zero-order valence-corrected chi connectivity index (χ0v) is 22.1. The van der Waals surface area contributed by atoms with Crippen molar-refractivity contribution in [2.75, 3.05) is 26.2 Å². The van der Waals surface area contributed by atoms with Gasteiger partial charge in [0.15, 0.2) is 0 Å². The Balaban J connectivity index is 1.63. The number of hydrogen-bond donors (Lipinski definition) is 0. The molecule has 0 radical (unpaired) electrons. The Bertz CT molecular complexity index is 1390. The van der Waals surface area contributed by atoms with Crippen LogP contribution in [0.2, 0.25) is 0 Å². The first kappa shape index (κ1) is 24.5. The van der Waals surface area contributed by atoms with Gasteiger partial charge in [0.05, 0.1) is 10.4 Å². The lowest BCUT2D eigenvalue weighted by atomic mass is 10.0. The molecule has 0 atom stereocenters. The van der Waals surface area contributed by atoms with Crippen LogP contribution in [-0.4, -0.2) is 43.5 Å². The highest BCUT2D eigenvalue weighted by atomic mass is 79.9. The van der Waals surface area contributed by atoms with Crippen LogP contribution in [0.4, 0.5) is 0 Å². The average Bonchev–Trinajstić information content (AvgIpc) is 3.19. The molecule has 0 aliphatic rings. The van der Waals surface area contributed by atoms with E-state index in [0.29, 0.717) is 12.1 Å². The van der Waals surface area contributed by atoms with Crippen molar-refractivity contribution in [3.05, 3.63) is 83.0 Å². The lowest BCUT2D eigenvalue weighted by Crippen LogP contribution is -2.27. The van der Waals surface area contributed by atoms with E-state index in [1.165, 1.54) is 3.97 Å². The number of ether oxygens (including phenoxy) is 1. The molecular formula is C27H29BrN2O3S. The fourth-order valence-corrected chi connectivity index (χ4v) is 5.99. The molecule has 0 unspecified atom stereocenters. The molecule has 0 spiro atoms. The lowest BCUT2D eigenvalue weighted by molar-refractivity contribution is 0.223. The molecule has 7 heteroatoms. The van der Waals surface area contributed by atoms with Gasteiger partial charge in [0.2, 0.25) is 0 Å². The van der Waals surface area contributed by atoms with Gasteiger partial charge in [-0.1, -0.05) is 49.7 Å². The van der Waals surface area contributed by atoms with Gasteiger partial charge in [0.1, 0.15) is 12.4 Å². The van der Waals surface area contributed by atoms with Crippen LogP contribution >= 0.6 is 15.9 Å². The van der Waals surface area contributed by atoms with Crippen molar-refractivity contribution in [3.8, 4) is 16.9 Å². The van der Waals surface area contributed by atoms with Crippen LogP contribution in [-0.2, 0) is 10.0 Å². The van der Waals surface area contributed by atoms with Crippen LogP contribution in [0, 0.1) is 6.92 Å². The number of benzene rings is 3. The summed E-state index contributed by atoms with van der Waals surface area (Å²) in [7, 11) is -3.70. The molecule has 5 nitrogen and oxygen atoms in total. The number of likely N-dealkylation sites (N-methyl/N-ethyl adjacent to an activating group) is 1. The smallest absolute Gasteiger partial charge is 0.268 e. The molecule has 4 rings (SSSR count). The molecule has 0 aliphatic carbocycles. The van der Waals surface area contributed by atoms with E-state index in [-0.39, 0.29) is 4.90 Å². The first-order valence-electron chi connectivity index (χ1n) is 11.4. The molecule has 1 heterocycles. The number of halogens is 1. The Kier molecular flexibility index (Phi) is 7.45. The molecule has 0 saturated heterocycles. The summed E-state index contributed by atoms with van der Waals surface area (Å²) in [6.07, 6.45) is 1.62. The molecule has 1 aromatic heterocycles. The third kappa shape index (κ3) is 5.06. The zero-order valence-electron chi connectivity index (χ0n) is 19.7. The van der Waals surface area contributed by atoms with Gasteiger partial charge < -0.3 is 9.64 Å². The third-order valence-corrected chi connectivity index (χ3v) is 8.36. The summed E-state index contributed by atoms with van der Waals surface area (Å²) < 4.78 is 34.6. The van der Waals surface area contributed by atoms with Crippen molar-refractivity contribution in [1.82, 2.24) is 8.87 Å². The second-order valence-corrected chi connectivity index (χ2v) is 10.9. The molecule has 178 valence electrons. The van der Waals surface area contributed by atoms with Gasteiger partial charge in [0, 0.05) is 22.6 Å². The Labute approximate surface area is 210 Å². The summed E-state index contributed by atoms with van der Waals surface area (Å²) in [5, 5.41) is 0.834. The van der Waals surface area contributed by atoms with Crippen molar-refractivity contribution >= 4 is 36.9 Å². The van der Waals surface area contributed by atoms with Gasteiger partial charge in [-0.2, -0.15) is 0 Å². The third-order valence-electron chi connectivity index (χ3n) is 6.04. The Morgan fingerprint density at radius 2 is 1.65 bits per heavy atom. The zero-order chi connectivity index (χ0) is 24.3. The van der Waals surface area contributed by atoms with Crippen LogP contribution in [0.25, 0.3) is 22.0 Å². The van der Waals surface area contributed by atoms with E-state index in [0.717, 1.165) is 51.9 Å². The van der Waals surface area contributed by atoms with E-state index >= 15 is 0 Å². The van der Waals surface area contributed by atoms with Crippen molar-refractivity contribution in [2.24, 2.45) is 0 Å². The summed E-state index contributed by atoms with van der Waals surface area (Å²) in [6.45, 7) is 9.77. The van der Waals surface area contributed by atoms with Gasteiger partial charge in [-0.05, 0) is 83.5 Å². The molecule has 3 aromatic carbocycles. The second-order valence-electron chi connectivity index (χ2n) is 8.23. The minimum atomic E-state index is -3.70. The number of aromatic nitrogens is 1. The van der Waals surface area contributed by atoms with Gasteiger partial charge in [-0.15, -0.1) is 0 Å². The number of nitrogens with zero attached hydrogens (tertiary/aromatic N) is 2. The highest BCUT2D eigenvalue weighted by Gasteiger charge is 2.21. The van der Waals surface area contributed by atoms with E-state index in [2.05, 4.69) is 34.7 Å². The standard InChI is InChI=1S/C27H29BrN2O3S/c1-4-29(5-2)15-16-33-23-8-6-7-21(17-23)22-11-14-27-25(18-22)26(28)19-30(27)34(31,32)24-12-9-20(3)10-13-24/h6-14,17-19H,4-5,15-16H2,1-3H3. The highest BCUT2D eigenvalue weighted by molar-refractivity contribution is 9.10. The molecule has 0 amide bonds. The quantitative estimate of drug-likeness (QED) is 0.248. The fraction of sp³-hybridized carbons (Fsp3) is 0.259. The summed E-state index contributed by atoms with van der Waals surface area (Å²) in [5.74, 6) is 0.823. The average molecular weight is 542 g/mol. The lowest BCUT2D eigenvalue weighted by Gasteiger charge is -2.18. The van der Waals surface area contributed by atoms with Crippen LogP contribution in [0.3, 0.4) is 0 Å². The van der Waals surface area contributed by atoms with Crippen LogP contribution in [0.1, 0.15) is 19.4 Å². The Morgan fingerprint density at radius 1 is 0.941 bits per heavy atom. The summed E-state index contributed by atoms with van der Waals surface area (Å²) in [4.78, 5) is 2.59. The van der Waals surface area contributed by atoms with Crippen LogP contribution in [0.5, 0.6) is 5.75 Å². The van der Waals surface area contributed by atoms with Gasteiger partial charge in [-0.3, -0.25) is 0 Å². The predicted octanol–water partition coefficient (Wildman–Crippen LogP) is 6.34. The Morgan fingerprint density at radius 3 is 2.35 bits per heavy atom. The monoisotopic (exact) mass is 540 g/mol. The Hall–Kier alpha value is -2.61. The maximum absolute atomic E-state index is 13.3. The van der Waals surface area contributed by atoms with Crippen molar-refractivity contribution < 1.29 is 13.2 Å². The minimum absolute atomic E-state index is 0.265. The number of fused-ring (bicyclic) bond motifs is 1. The SMILES string of the molecule is CCN(CC)CCOc1cccc(-c2ccc3c(c2)c(Br)cn3S(=O)(=O)c2ccc(C)cc2)c1. The van der Waals surface area contributed by atoms with E-state index in [1.807, 2.05) is 61.5 Å². The predicted molar refractivity (Wildman–Crippen MR) is 142 cm³/mol. The summed E-state index contributed by atoms with van der Waals surface area (Å²) >= 11 is 3.56. The van der Waals surface area contributed by atoms with E-state index in [9.17, 15) is 8.42 Å². The van der Waals surface area contributed by atoms with Crippen molar-refractivity contribution in [2.45, 2.75) is 25.7 Å². The topological polar surface area (TPSA) is 51.5 Å². The van der Waals surface area contributed by atoms with E-state index in [4.69, 9.17) is 4.74 Å². The highest BCUT2D eigenvalue weighted by Crippen LogP contribution is 2.34. The van der Waals surface area contributed by atoms with E-state index < -0.39 is 10.0 Å². The van der Waals surface area contributed by atoms with Crippen molar-refractivity contribution in [1.29, 1.82) is 0 Å². The van der Waals surface area contributed by atoms with Gasteiger partial charge in [-0.25, -0.2) is 12.4 Å². The van der Waals surface area contributed by atoms with Gasteiger partial charge >= 0.3 is 0 Å². The molecule has 0 fully saturated rings. The first-order valence-corrected chi connectivity index (χ1v) is 13.6. The molecule has 0 bridgehead atoms. The maximum atomic E-state index is 13.3. The molecule has 0 saturated carbocycles. The molecule has 0 N–H and O–H groups in total. The first-order chi connectivity index (χ1) is 16.3. The summed E-state index contributed by atoms with van der Waals surface area (Å²) in [6, 6.07) is 20.7. The fourth-order valence-electron chi connectivity index (χ4n) is 3.96. The van der Waals surface area contributed by atoms with Crippen LogP contribution in [0.15, 0.2) is 82.3 Å². The van der Waals surface area contributed by atoms with E-state index in [1.54, 1.807) is 18.3 Å².